The van der Waals surface area contributed by atoms with Crippen molar-refractivity contribution in [2.45, 2.75) is 37.6 Å². The predicted octanol–water partition coefficient (Wildman–Crippen LogP) is 3.38. The lowest BCUT2D eigenvalue weighted by Crippen LogP contribution is -2.43. The standard InChI is InChI=1S/C25H24ClFN6O4/c26-17-9-18-15(11-29-32-18)19(14(17)3-8-36-13-34)22-20(27)21-16(10-28-22)23(35)31-24(30-21)37-12-25-4-1-6-33(25)7-2-5-25/h9-11,13H,1-8,12H2,(H,29,32)(H,30,31,35). The third-order valence-corrected chi connectivity index (χ3v) is 7.87. The average Bonchev–Trinajstić information content (AvgIpc) is 3.60. The SMILES string of the molecule is O=COCCc1c(Cl)cc2[nH]ncc2c1-c1ncc2c(=O)[nH]c(OCC34CCCN3CCC4)nc2c1F. The highest BCUT2D eigenvalue weighted by Gasteiger charge is 2.45. The van der Waals surface area contributed by atoms with Crippen LogP contribution in [0.2, 0.25) is 5.02 Å². The average molecular weight is 527 g/mol. The molecule has 2 saturated heterocycles. The van der Waals surface area contributed by atoms with E-state index < -0.39 is 11.4 Å². The van der Waals surface area contributed by atoms with Crippen LogP contribution in [0.1, 0.15) is 31.2 Å². The van der Waals surface area contributed by atoms with Gasteiger partial charge in [0.2, 0.25) is 0 Å². The summed E-state index contributed by atoms with van der Waals surface area (Å²) in [6.45, 7) is 2.84. The van der Waals surface area contributed by atoms with Crippen molar-refractivity contribution >= 4 is 39.9 Å². The van der Waals surface area contributed by atoms with Gasteiger partial charge in [-0.25, -0.2) is 4.39 Å². The molecule has 37 heavy (non-hydrogen) atoms. The summed E-state index contributed by atoms with van der Waals surface area (Å²) in [5, 5.41) is 7.82. The molecule has 12 heteroatoms. The fourth-order valence-electron chi connectivity index (χ4n) is 5.78. The van der Waals surface area contributed by atoms with Crippen molar-refractivity contribution in [3.05, 3.63) is 45.2 Å². The second-order valence-corrected chi connectivity index (χ2v) is 9.93. The van der Waals surface area contributed by atoms with E-state index in [1.54, 1.807) is 12.3 Å². The number of benzene rings is 1. The molecule has 192 valence electrons. The molecule has 0 unspecified atom stereocenters. The molecule has 0 bridgehead atoms. The quantitative estimate of drug-likeness (QED) is 0.264. The lowest BCUT2D eigenvalue weighted by Gasteiger charge is -2.31. The zero-order valence-corrected chi connectivity index (χ0v) is 20.6. The topological polar surface area (TPSA) is 126 Å². The van der Waals surface area contributed by atoms with Crippen LogP contribution in [0.3, 0.4) is 0 Å². The van der Waals surface area contributed by atoms with Crippen molar-refractivity contribution < 1.29 is 18.7 Å². The third-order valence-electron chi connectivity index (χ3n) is 7.53. The van der Waals surface area contributed by atoms with E-state index in [2.05, 4.69) is 30.0 Å². The first-order valence-electron chi connectivity index (χ1n) is 12.2. The Morgan fingerprint density at radius 3 is 2.81 bits per heavy atom. The second kappa shape index (κ2) is 9.38. The zero-order chi connectivity index (χ0) is 25.6. The number of rotatable bonds is 8. The number of ether oxygens (including phenoxy) is 2. The van der Waals surface area contributed by atoms with Crippen LogP contribution in [0.25, 0.3) is 33.1 Å². The number of carbonyl (C=O) groups excluding carboxylic acids is 1. The van der Waals surface area contributed by atoms with E-state index in [-0.39, 0.29) is 41.2 Å². The number of carbonyl (C=O) groups is 1. The van der Waals surface area contributed by atoms with Gasteiger partial charge in [0.25, 0.3) is 18.0 Å². The van der Waals surface area contributed by atoms with Gasteiger partial charge in [-0.2, -0.15) is 10.1 Å². The summed E-state index contributed by atoms with van der Waals surface area (Å²) in [5.74, 6) is -0.780. The Balaban J connectivity index is 1.43. The fourth-order valence-corrected chi connectivity index (χ4v) is 6.08. The van der Waals surface area contributed by atoms with Crippen molar-refractivity contribution in [3.63, 3.8) is 0 Å². The number of H-pyrrole nitrogens is 2. The van der Waals surface area contributed by atoms with Crippen LogP contribution in [0, 0.1) is 5.82 Å². The lowest BCUT2D eigenvalue weighted by molar-refractivity contribution is -0.128. The van der Waals surface area contributed by atoms with Crippen molar-refractivity contribution in [1.29, 1.82) is 0 Å². The highest BCUT2D eigenvalue weighted by molar-refractivity contribution is 6.33. The molecule has 2 N–H and O–H groups in total. The maximum atomic E-state index is 16.1. The minimum absolute atomic E-state index is 0.00595. The predicted molar refractivity (Wildman–Crippen MR) is 134 cm³/mol. The number of hydrogen-bond acceptors (Lipinski definition) is 8. The maximum Gasteiger partial charge on any atom is 0.297 e. The van der Waals surface area contributed by atoms with E-state index in [9.17, 15) is 9.59 Å². The summed E-state index contributed by atoms with van der Waals surface area (Å²) in [6, 6.07) is 1.65. The summed E-state index contributed by atoms with van der Waals surface area (Å²) in [5.41, 5.74) is 0.727. The largest absolute Gasteiger partial charge is 0.468 e. The van der Waals surface area contributed by atoms with E-state index in [4.69, 9.17) is 21.1 Å². The van der Waals surface area contributed by atoms with Crippen LogP contribution >= 0.6 is 11.6 Å². The van der Waals surface area contributed by atoms with Gasteiger partial charge < -0.3 is 9.47 Å². The number of nitrogens with one attached hydrogen (secondary N) is 2. The van der Waals surface area contributed by atoms with Gasteiger partial charge in [-0.1, -0.05) is 11.6 Å². The lowest BCUT2D eigenvalue weighted by atomic mass is 9.95. The van der Waals surface area contributed by atoms with E-state index in [1.165, 1.54) is 6.20 Å². The van der Waals surface area contributed by atoms with Gasteiger partial charge in [0.05, 0.1) is 29.2 Å². The molecule has 6 rings (SSSR count). The van der Waals surface area contributed by atoms with E-state index in [1.807, 2.05) is 0 Å². The van der Waals surface area contributed by atoms with Crippen LogP contribution in [0.4, 0.5) is 4.39 Å². The van der Waals surface area contributed by atoms with E-state index in [0.717, 1.165) is 38.8 Å². The minimum Gasteiger partial charge on any atom is -0.468 e. The number of fused-ring (bicyclic) bond motifs is 3. The molecule has 4 aromatic rings. The first-order valence-corrected chi connectivity index (χ1v) is 12.5. The Morgan fingerprint density at radius 1 is 1.22 bits per heavy atom. The van der Waals surface area contributed by atoms with Gasteiger partial charge in [0.1, 0.15) is 17.8 Å². The third kappa shape index (κ3) is 4.02. The molecule has 2 aliphatic heterocycles. The normalized spacial score (nSPS) is 16.9. The molecule has 0 aliphatic carbocycles. The molecule has 0 saturated carbocycles. The summed E-state index contributed by atoms with van der Waals surface area (Å²) < 4.78 is 26.9. The smallest absolute Gasteiger partial charge is 0.297 e. The second-order valence-electron chi connectivity index (χ2n) is 9.52. The van der Waals surface area contributed by atoms with Crippen molar-refractivity contribution in [1.82, 2.24) is 30.0 Å². The number of halogens is 2. The maximum absolute atomic E-state index is 16.1. The zero-order valence-electron chi connectivity index (χ0n) is 19.9. The van der Waals surface area contributed by atoms with Crippen LogP contribution in [0.15, 0.2) is 23.3 Å². The van der Waals surface area contributed by atoms with E-state index >= 15 is 4.39 Å². The molecule has 5 heterocycles. The molecular formula is C25H24ClFN6O4. The Morgan fingerprint density at radius 2 is 2.03 bits per heavy atom. The van der Waals surface area contributed by atoms with E-state index in [0.29, 0.717) is 40.1 Å². The molecule has 10 nitrogen and oxygen atoms in total. The number of pyridine rings is 1. The van der Waals surface area contributed by atoms with Crippen LogP contribution < -0.4 is 10.3 Å². The molecule has 0 spiro atoms. The highest BCUT2D eigenvalue weighted by Crippen LogP contribution is 2.40. The van der Waals surface area contributed by atoms with Crippen molar-refractivity contribution in [2.75, 3.05) is 26.3 Å². The first kappa shape index (κ1) is 23.8. The minimum atomic E-state index is -0.780. The summed E-state index contributed by atoms with van der Waals surface area (Å²) in [6.07, 6.45) is 7.33. The van der Waals surface area contributed by atoms with Gasteiger partial charge in [-0.05, 0) is 50.4 Å². The number of nitrogens with zero attached hydrogens (tertiary/aromatic N) is 4. The van der Waals surface area contributed by atoms with Gasteiger partial charge in [-0.3, -0.25) is 29.6 Å². The molecule has 0 amide bonds. The number of hydrogen-bond donors (Lipinski definition) is 2. The van der Waals surface area contributed by atoms with Crippen molar-refractivity contribution in [2.24, 2.45) is 0 Å². The fraction of sp³-hybridized carbons (Fsp3) is 0.400. The molecular weight excluding hydrogens is 503 g/mol. The Bertz CT molecular complexity index is 1560. The number of aromatic nitrogens is 5. The summed E-state index contributed by atoms with van der Waals surface area (Å²) >= 11 is 6.53. The van der Waals surface area contributed by atoms with Gasteiger partial charge in [-0.15, -0.1) is 0 Å². The van der Waals surface area contributed by atoms with Gasteiger partial charge in [0, 0.05) is 28.6 Å². The summed E-state index contributed by atoms with van der Waals surface area (Å²) in [7, 11) is 0. The van der Waals surface area contributed by atoms with Crippen LogP contribution in [-0.2, 0) is 16.0 Å². The highest BCUT2D eigenvalue weighted by atomic mass is 35.5. The first-order chi connectivity index (χ1) is 18.0. The number of aromatic amines is 2. The van der Waals surface area contributed by atoms with Crippen LogP contribution in [0.5, 0.6) is 6.01 Å². The molecule has 3 aromatic heterocycles. The summed E-state index contributed by atoms with van der Waals surface area (Å²) in [4.78, 5) is 37.2. The molecule has 2 fully saturated rings. The molecule has 0 radical (unpaired) electrons. The Kier molecular flexibility index (Phi) is 6.04. The Labute approximate surface area is 215 Å². The van der Waals surface area contributed by atoms with Gasteiger partial charge in [0.15, 0.2) is 5.82 Å². The molecule has 0 atom stereocenters. The molecule has 1 aromatic carbocycles. The monoisotopic (exact) mass is 526 g/mol. The Hall–Kier alpha value is -3.57. The molecule has 2 aliphatic rings. The van der Waals surface area contributed by atoms with Crippen LogP contribution in [-0.4, -0.2) is 68.4 Å². The van der Waals surface area contributed by atoms with Crippen molar-refractivity contribution in [3.8, 4) is 17.3 Å². The van der Waals surface area contributed by atoms with Gasteiger partial charge >= 0.3 is 0 Å².